The summed E-state index contributed by atoms with van der Waals surface area (Å²) < 4.78 is 1.67. The van der Waals surface area contributed by atoms with E-state index in [1.807, 2.05) is 14.0 Å². The zero-order valence-electron chi connectivity index (χ0n) is 10.5. The summed E-state index contributed by atoms with van der Waals surface area (Å²) in [5.74, 6) is 0.678. The minimum absolute atomic E-state index is 0.407. The highest BCUT2D eigenvalue weighted by Crippen LogP contribution is 2.35. The Labute approximate surface area is 126 Å². The number of nitrogens with two attached hydrogens (primary N) is 1. The Bertz CT molecular complexity index is 622. The van der Waals surface area contributed by atoms with Crippen LogP contribution in [-0.2, 0) is 13.5 Å². The van der Waals surface area contributed by atoms with E-state index >= 15 is 0 Å². The van der Waals surface area contributed by atoms with E-state index in [0.29, 0.717) is 32.3 Å². The normalized spacial score (nSPS) is 10.8. The van der Waals surface area contributed by atoms with Crippen LogP contribution < -0.4 is 11.1 Å². The summed E-state index contributed by atoms with van der Waals surface area (Å²) >= 11 is 18.0. The van der Waals surface area contributed by atoms with Crippen LogP contribution in [0.1, 0.15) is 12.6 Å². The summed E-state index contributed by atoms with van der Waals surface area (Å²) in [5, 5.41) is 8.75. The molecule has 0 saturated carbocycles. The van der Waals surface area contributed by atoms with Crippen molar-refractivity contribution in [2.45, 2.75) is 13.3 Å². The number of aryl methyl sites for hydroxylation is 2. The lowest BCUT2D eigenvalue weighted by molar-refractivity contribution is 0.753. The van der Waals surface area contributed by atoms with Crippen LogP contribution in [0.25, 0.3) is 0 Å². The lowest BCUT2D eigenvalue weighted by Crippen LogP contribution is -2.01. The van der Waals surface area contributed by atoms with Gasteiger partial charge in [0, 0.05) is 7.05 Å². The highest BCUT2D eigenvalue weighted by Gasteiger charge is 2.14. The van der Waals surface area contributed by atoms with Crippen molar-refractivity contribution in [3.8, 4) is 0 Å². The van der Waals surface area contributed by atoms with Crippen LogP contribution in [0.2, 0.25) is 15.1 Å². The molecule has 0 saturated heterocycles. The number of hydrogen-bond donors (Lipinski definition) is 2. The molecule has 0 unspecified atom stereocenters. The van der Waals surface area contributed by atoms with Gasteiger partial charge in [-0.15, -0.1) is 0 Å². The van der Waals surface area contributed by atoms with E-state index in [0.717, 1.165) is 12.1 Å². The molecule has 1 aromatic carbocycles. The Morgan fingerprint density at radius 2 is 1.84 bits per heavy atom. The maximum Gasteiger partial charge on any atom is 0.152 e. The number of nitrogens with zero attached hydrogens (tertiary/aromatic N) is 2. The van der Waals surface area contributed by atoms with Gasteiger partial charge in [0.15, 0.2) is 5.82 Å². The van der Waals surface area contributed by atoms with Crippen molar-refractivity contribution in [2.75, 3.05) is 11.1 Å². The van der Waals surface area contributed by atoms with Crippen molar-refractivity contribution in [3.05, 3.63) is 32.9 Å². The third-order valence-electron chi connectivity index (χ3n) is 2.76. The molecule has 0 spiro atoms. The number of hydrogen-bond acceptors (Lipinski definition) is 3. The molecule has 0 radical (unpaired) electrons. The SMILES string of the molecule is CCc1nn(C)c(Nc2cc(Cl)c(Cl)cc2Cl)c1N. The molecule has 0 atom stereocenters. The molecule has 19 heavy (non-hydrogen) atoms. The van der Waals surface area contributed by atoms with Gasteiger partial charge in [0.25, 0.3) is 0 Å². The van der Waals surface area contributed by atoms with E-state index in [-0.39, 0.29) is 0 Å². The lowest BCUT2D eigenvalue weighted by atomic mass is 10.2. The van der Waals surface area contributed by atoms with Crippen LogP contribution in [0.4, 0.5) is 17.2 Å². The molecule has 102 valence electrons. The molecule has 3 N–H and O–H groups in total. The molecule has 2 aromatic rings. The Morgan fingerprint density at radius 3 is 2.42 bits per heavy atom. The summed E-state index contributed by atoms with van der Waals surface area (Å²) in [5.41, 5.74) is 8.10. The molecule has 2 rings (SSSR count). The second-order valence-electron chi connectivity index (χ2n) is 4.06. The average Bonchev–Trinajstić information content (AvgIpc) is 2.63. The van der Waals surface area contributed by atoms with E-state index in [2.05, 4.69) is 10.4 Å². The first-order chi connectivity index (χ1) is 8.93. The van der Waals surface area contributed by atoms with Gasteiger partial charge in [0.2, 0.25) is 0 Å². The van der Waals surface area contributed by atoms with Crippen molar-refractivity contribution in [1.82, 2.24) is 9.78 Å². The molecule has 0 aliphatic heterocycles. The van der Waals surface area contributed by atoms with Gasteiger partial charge in [-0.25, -0.2) is 0 Å². The van der Waals surface area contributed by atoms with Crippen molar-refractivity contribution in [1.29, 1.82) is 0 Å². The largest absolute Gasteiger partial charge is 0.394 e. The molecular formula is C12H13Cl3N4. The topological polar surface area (TPSA) is 55.9 Å². The van der Waals surface area contributed by atoms with E-state index < -0.39 is 0 Å². The van der Waals surface area contributed by atoms with Crippen molar-refractivity contribution in [2.24, 2.45) is 7.05 Å². The number of nitrogens with one attached hydrogen (secondary N) is 1. The van der Waals surface area contributed by atoms with Crippen molar-refractivity contribution in [3.63, 3.8) is 0 Å². The highest BCUT2D eigenvalue weighted by molar-refractivity contribution is 6.44. The van der Waals surface area contributed by atoms with Gasteiger partial charge in [-0.1, -0.05) is 41.7 Å². The van der Waals surface area contributed by atoms with Gasteiger partial charge in [-0.2, -0.15) is 5.10 Å². The van der Waals surface area contributed by atoms with Crippen molar-refractivity contribution < 1.29 is 0 Å². The Balaban J connectivity index is 2.42. The zero-order valence-corrected chi connectivity index (χ0v) is 12.7. The quantitative estimate of drug-likeness (QED) is 0.831. The molecule has 1 heterocycles. The summed E-state index contributed by atoms with van der Waals surface area (Å²) in [7, 11) is 1.81. The first kappa shape index (κ1) is 14.3. The third kappa shape index (κ3) is 2.76. The summed E-state index contributed by atoms with van der Waals surface area (Å²) in [6.45, 7) is 1.99. The summed E-state index contributed by atoms with van der Waals surface area (Å²) in [6.07, 6.45) is 0.760. The standard InChI is InChI=1S/C12H13Cl3N4/c1-3-9-11(16)12(19(2)18-9)17-10-5-7(14)6(13)4-8(10)15/h4-5,17H,3,16H2,1-2H3. The predicted molar refractivity (Wildman–Crippen MR) is 81.8 cm³/mol. The number of halogens is 3. The maximum absolute atomic E-state index is 6.12. The van der Waals surface area contributed by atoms with Gasteiger partial charge in [0.1, 0.15) is 0 Å². The molecule has 7 heteroatoms. The summed E-state index contributed by atoms with van der Waals surface area (Å²) in [6, 6.07) is 3.24. The number of benzene rings is 1. The summed E-state index contributed by atoms with van der Waals surface area (Å²) in [4.78, 5) is 0. The molecule has 0 bridgehead atoms. The minimum Gasteiger partial charge on any atom is -0.394 e. The van der Waals surface area contributed by atoms with Gasteiger partial charge in [-0.3, -0.25) is 4.68 Å². The monoisotopic (exact) mass is 318 g/mol. The third-order valence-corrected chi connectivity index (χ3v) is 3.79. The van der Waals surface area contributed by atoms with E-state index in [9.17, 15) is 0 Å². The highest BCUT2D eigenvalue weighted by atomic mass is 35.5. The van der Waals surface area contributed by atoms with Gasteiger partial charge in [-0.05, 0) is 18.6 Å². The average molecular weight is 320 g/mol. The molecule has 4 nitrogen and oxygen atoms in total. The maximum atomic E-state index is 6.12. The Morgan fingerprint density at radius 1 is 1.21 bits per heavy atom. The number of aromatic nitrogens is 2. The second-order valence-corrected chi connectivity index (χ2v) is 5.28. The van der Waals surface area contributed by atoms with Gasteiger partial charge >= 0.3 is 0 Å². The number of nitrogen functional groups attached to an aromatic ring is 1. The number of rotatable bonds is 3. The molecule has 1 aromatic heterocycles. The van der Waals surface area contributed by atoms with Gasteiger partial charge in [0.05, 0.1) is 32.1 Å². The lowest BCUT2D eigenvalue weighted by Gasteiger charge is -2.10. The van der Waals surface area contributed by atoms with Crippen LogP contribution in [0.15, 0.2) is 12.1 Å². The fourth-order valence-electron chi connectivity index (χ4n) is 1.75. The molecule has 0 aliphatic carbocycles. The van der Waals surface area contributed by atoms with E-state index in [4.69, 9.17) is 40.5 Å². The predicted octanol–water partition coefficient (Wildman–Crippen LogP) is 4.27. The van der Waals surface area contributed by atoms with Crippen LogP contribution in [0, 0.1) is 0 Å². The van der Waals surface area contributed by atoms with E-state index in [1.165, 1.54) is 0 Å². The van der Waals surface area contributed by atoms with Crippen molar-refractivity contribution >= 4 is 52.0 Å². The van der Waals surface area contributed by atoms with Crippen LogP contribution in [-0.4, -0.2) is 9.78 Å². The Kier molecular flexibility index (Phi) is 4.13. The van der Waals surface area contributed by atoms with Crippen LogP contribution >= 0.6 is 34.8 Å². The molecule has 0 aliphatic rings. The first-order valence-corrected chi connectivity index (χ1v) is 6.80. The second kappa shape index (κ2) is 5.49. The molecular weight excluding hydrogens is 307 g/mol. The fraction of sp³-hybridized carbons (Fsp3) is 0.250. The molecule has 0 fully saturated rings. The van der Waals surface area contributed by atoms with Crippen LogP contribution in [0.3, 0.4) is 0 Å². The van der Waals surface area contributed by atoms with Crippen LogP contribution in [0.5, 0.6) is 0 Å². The van der Waals surface area contributed by atoms with Gasteiger partial charge < -0.3 is 11.1 Å². The fourth-order valence-corrected chi connectivity index (χ4v) is 2.35. The minimum atomic E-state index is 0.407. The zero-order chi connectivity index (χ0) is 14.2. The van der Waals surface area contributed by atoms with E-state index in [1.54, 1.807) is 16.8 Å². The Hall–Kier alpha value is -1.10. The first-order valence-electron chi connectivity index (χ1n) is 5.67. The number of anilines is 3. The smallest absolute Gasteiger partial charge is 0.152 e. The molecule has 0 amide bonds.